The van der Waals surface area contributed by atoms with Gasteiger partial charge in [-0.05, 0) is 56.8 Å². The largest absolute Gasteiger partial charge is 0.363 e. The molecule has 6 aromatic rings. The van der Waals surface area contributed by atoms with Crippen molar-refractivity contribution in [1.82, 2.24) is 4.98 Å². The monoisotopic (exact) mass is 575 g/mol. The van der Waals surface area contributed by atoms with Gasteiger partial charge >= 0.3 is 0 Å². The first-order chi connectivity index (χ1) is 21.7. The number of hydrogen-bond donors (Lipinski definition) is 0. The molecule has 4 heterocycles. The summed E-state index contributed by atoms with van der Waals surface area (Å²) in [6.45, 7) is 8.17. The molecule has 0 amide bonds. The molecule has 0 saturated carbocycles. The summed E-state index contributed by atoms with van der Waals surface area (Å²) in [6.07, 6.45) is 6.53. The second kappa shape index (κ2) is 11.3. The van der Waals surface area contributed by atoms with E-state index in [1.54, 1.807) is 0 Å². The lowest BCUT2D eigenvalue weighted by Crippen LogP contribution is -2.67. The van der Waals surface area contributed by atoms with Crippen molar-refractivity contribution in [1.29, 1.82) is 0 Å². The number of nitrogens with zero attached hydrogens (tertiary/aromatic N) is 2. The molecule has 2 unspecified atom stereocenters. The van der Waals surface area contributed by atoms with Crippen molar-refractivity contribution in [2.45, 2.75) is 38.1 Å². The first-order valence-corrected chi connectivity index (χ1v) is 16.1. The first kappa shape index (κ1) is 27.3. The molecule has 3 aliphatic heterocycles. The van der Waals surface area contributed by atoms with E-state index in [4.69, 9.17) is 9.72 Å². The Balaban J connectivity index is 1.30. The first-order valence-electron chi connectivity index (χ1n) is 16.1. The molecule has 9 rings (SSSR count). The van der Waals surface area contributed by atoms with Crippen molar-refractivity contribution < 1.29 is 9.22 Å². The Bertz CT molecular complexity index is 1910. The molecule has 3 fully saturated rings. The molecule has 3 nitrogen and oxygen atoms in total. The second-order valence-corrected chi connectivity index (χ2v) is 13.0. The van der Waals surface area contributed by atoms with Crippen molar-refractivity contribution in [3.8, 4) is 0 Å². The van der Waals surface area contributed by atoms with Gasteiger partial charge in [0.15, 0.2) is 0 Å². The quantitative estimate of drug-likeness (QED) is 0.102. The Morgan fingerprint density at radius 3 is 2.25 bits per heavy atom. The summed E-state index contributed by atoms with van der Waals surface area (Å²) in [5.41, 5.74) is 4.97. The van der Waals surface area contributed by atoms with Gasteiger partial charge in [-0.3, -0.25) is 4.98 Å². The van der Waals surface area contributed by atoms with Crippen LogP contribution in [0.2, 0.25) is 0 Å². The van der Waals surface area contributed by atoms with E-state index in [0.717, 1.165) is 36.1 Å². The number of fused-ring (bicyclic) bond motifs is 6. The van der Waals surface area contributed by atoms with Crippen molar-refractivity contribution in [2.24, 2.45) is 11.8 Å². The fraction of sp³-hybridized carbons (Fsp3) is 0.244. The number of para-hydroxylation sites is 1. The van der Waals surface area contributed by atoms with Crippen LogP contribution in [-0.2, 0) is 17.9 Å². The average molecular weight is 576 g/mol. The van der Waals surface area contributed by atoms with E-state index in [9.17, 15) is 0 Å². The van der Waals surface area contributed by atoms with Crippen LogP contribution in [-0.4, -0.2) is 28.6 Å². The van der Waals surface area contributed by atoms with Crippen molar-refractivity contribution in [3.63, 3.8) is 0 Å². The highest BCUT2D eigenvalue weighted by molar-refractivity contribution is 6.02. The van der Waals surface area contributed by atoms with Gasteiger partial charge in [0.05, 0.1) is 25.2 Å². The van der Waals surface area contributed by atoms with E-state index < -0.39 is 0 Å². The number of hydrogen-bond acceptors (Lipinski definition) is 2. The average Bonchev–Trinajstić information content (AvgIpc) is 3.09. The number of piperidine rings is 3. The van der Waals surface area contributed by atoms with Crippen LogP contribution in [0.4, 0.5) is 0 Å². The molecule has 5 aromatic carbocycles. The van der Waals surface area contributed by atoms with Gasteiger partial charge in [-0.25, -0.2) is 0 Å². The van der Waals surface area contributed by atoms with Gasteiger partial charge in [0.2, 0.25) is 0 Å². The van der Waals surface area contributed by atoms with Gasteiger partial charge < -0.3 is 9.22 Å². The van der Waals surface area contributed by atoms with Crippen LogP contribution in [0.3, 0.4) is 0 Å². The Labute approximate surface area is 260 Å². The van der Waals surface area contributed by atoms with E-state index in [2.05, 4.69) is 128 Å². The van der Waals surface area contributed by atoms with Crippen molar-refractivity contribution in [2.75, 3.05) is 13.1 Å². The Kier molecular flexibility index (Phi) is 7.01. The van der Waals surface area contributed by atoms with Crippen LogP contribution in [0.1, 0.15) is 35.6 Å². The zero-order chi connectivity index (χ0) is 29.5. The fourth-order valence-corrected chi connectivity index (χ4v) is 8.49. The van der Waals surface area contributed by atoms with Gasteiger partial charge in [-0.1, -0.05) is 103 Å². The predicted molar refractivity (Wildman–Crippen MR) is 181 cm³/mol. The summed E-state index contributed by atoms with van der Waals surface area (Å²) in [6, 6.07) is 42.0. The SMILES string of the molecule is C=CC1C[N@+]2(Cc3c4ccccc4cc4ccccc34)CCC1C[C@H]2[C@H](OCc1ccccc1)c1ccnc2ccccc12. The molecule has 0 spiro atoms. The lowest BCUT2D eigenvalue weighted by Gasteiger charge is -2.58. The fourth-order valence-electron chi connectivity index (χ4n) is 8.49. The van der Waals surface area contributed by atoms with Gasteiger partial charge in [-0.15, -0.1) is 6.58 Å². The van der Waals surface area contributed by atoms with E-state index in [-0.39, 0.29) is 6.10 Å². The summed E-state index contributed by atoms with van der Waals surface area (Å²) in [5, 5.41) is 6.58. The summed E-state index contributed by atoms with van der Waals surface area (Å²) >= 11 is 0. The maximum atomic E-state index is 7.15. The molecular weight excluding hydrogens is 536 g/mol. The molecule has 218 valence electrons. The molecule has 44 heavy (non-hydrogen) atoms. The summed E-state index contributed by atoms with van der Waals surface area (Å²) in [7, 11) is 0. The smallest absolute Gasteiger partial charge is 0.135 e. The highest BCUT2D eigenvalue weighted by Gasteiger charge is 2.55. The topological polar surface area (TPSA) is 22.1 Å². The number of pyridine rings is 1. The third kappa shape index (κ3) is 4.72. The minimum atomic E-state index is -0.0575. The van der Waals surface area contributed by atoms with Crippen LogP contribution in [0.5, 0.6) is 0 Å². The lowest BCUT2D eigenvalue weighted by atomic mass is 9.70. The molecule has 1 aromatic heterocycles. The van der Waals surface area contributed by atoms with Crippen molar-refractivity contribution >= 4 is 32.4 Å². The number of ether oxygens (including phenoxy) is 1. The highest BCUT2D eigenvalue weighted by Crippen LogP contribution is 2.50. The van der Waals surface area contributed by atoms with Crippen LogP contribution < -0.4 is 0 Å². The van der Waals surface area contributed by atoms with Gasteiger partial charge in [0.25, 0.3) is 0 Å². The van der Waals surface area contributed by atoms with E-state index >= 15 is 0 Å². The van der Waals surface area contributed by atoms with E-state index in [1.807, 2.05) is 6.20 Å². The number of rotatable bonds is 8. The Hall–Kier alpha value is -4.31. The molecule has 0 aliphatic carbocycles. The minimum Gasteiger partial charge on any atom is -0.363 e. The molecule has 0 N–H and O–H groups in total. The maximum absolute atomic E-state index is 7.15. The van der Waals surface area contributed by atoms with Crippen LogP contribution in [0, 0.1) is 11.8 Å². The van der Waals surface area contributed by atoms with E-state index in [1.165, 1.54) is 50.0 Å². The number of benzene rings is 5. The summed E-state index contributed by atoms with van der Waals surface area (Å²) in [4.78, 5) is 4.74. The zero-order valence-corrected chi connectivity index (χ0v) is 25.2. The molecule has 0 radical (unpaired) electrons. The maximum Gasteiger partial charge on any atom is 0.135 e. The third-order valence-corrected chi connectivity index (χ3v) is 10.6. The molecule has 3 heteroatoms. The Morgan fingerprint density at radius 1 is 0.818 bits per heavy atom. The number of aromatic nitrogens is 1. The van der Waals surface area contributed by atoms with Crippen LogP contribution in [0.25, 0.3) is 32.4 Å². The van der Waals surface area contributed by atoms with Gasteiger partial charge in [0.1, 0.15) is 18.7 Å². The minimum absolute atomic E-state index is 0.0575. The number of quaternary nitrogens is 1. The molecular formula is C41H39N2O+. The molecule has 3 aliphatic rings. The third-order valence-electron chi connectivity index (χ3n) is 10.6. The van der Waals surface area contributed by atoms with E-state index in [0.29, 0.717) is 24.5 Å². The lowest BCUT2D eigenvalue weighted by molar-refractivity contribution is -0.984. The molecule has 3 saturated heterocycles. The summed E-state index contributed by atoms with van der Waals surface area (Å²) < 4.78 is 8.17. The van der Waals surface area contributed by atoms with Crippen LogP contribution in [0.15, 0.2) is 134 Å². The standard InChI is InChI=1S/C41H39N2O/c1-2-30-26-43(27-38-34-16-8-6-14-32(34)24-33-15-7-9-17-35(33)38)23-21-31(30)25-40(43)41(44-28-29-12-4-3-5-13-29)37-20-22-42-39-19-11-10-18-36(37)39/h2-20,22,24,30-31,40-41H,1,21,23,25-28H2/q+1/t30?,31?,40-,41+,43-/m0/s1. The predicted octanol–water partition coefficient (Wildman–Crippen LogP) is 9.41. The van der Waals surface area contributed by atoms with Gasteiger partial charge in [-0.2, -0.15) is 0 Å². The molecule has 5 atom stereocenters. The highest BCUT2D eigenvalue weighted by atomic mass is 16.5. The molecule has 2 bridgehead atoms. The van der Waals surface area contributed by atoms with Crippen LogP contribution >= 0.6 is 0 Å². The van der Waals surface area contributed by atoms with Gasteiger partial charge in [0, 0.05) is 35.9 Å². The normalized spacial score (nSPS) is 23.7. The zero-order valence-electron chi connectivity index (χ0n) is 25.2. The Morgan fingerprint density at radius 2 is 1.50 bits per heavy atom. The van der Waals surface area contributed by atoms with Crippen molar-refractivity contribution in [3.05, 3.63) is 151 Å². The second-order valence-electron chi connectivity index (χ2n) is 13.0. The summed E-state index contributed by atoms with van der Waals surface area (Å²) in [5.74, 6) is 1.16.